The lowest BCUT2D eigenvalue weighted by Crippen LogP contribution is -2.19. The average molecular weight is 291 g/mol. The van der Waals surface area contributed by atoms with E-state index in [2.05, 4.69) is 0 Å². The molecule has 0 aliphatic rings. The summed E-state index contributed by atoms with van der Waals surface area (Å²) in [6.45, 7) is 1.96. The second-order valence-electron chi connectivity index (χ2n) is 4.52. The van der Waals surface area contributed by atoms with Gasteiger partial charge in [-0.2, -0.15) is 0 Å². The number of aliphatic carboxylic acids is 1. The topological polar surface area (TPSA) is 46.5 Å². The number of rotatable bonds is 5. The molecule has 4 heteroatoms. The molecule has 1 N–H and O–H groups in total. The molecule has 0 aliphatic heterocycles. The van der Waals surface area contributed by atoms with E-state index in [1.165, 1.54) is 0 Å². The van der Waals surface area contributed by atoms with Gasteiger partial charge in [0.15, 0.2) is 0 Å². The molecule has 1 unspecified atom stereocenters. The van der Waals surface area contributed by atoms with Crippen LogP contribution in [0.2, 0.25) is 5.02 Å². The third kappa shape index (κ3) is 3.52. The first kappa shape index (κ1) is 14.4. The highest BCUT2D eigenvalue weighted by Gasteiger charge is 2.20. The Morgan fingerprint density at radius 1 is 1.25 bits per heavy atom. The lowest BCUT2D eigenvalue weighted by molar-refractivity contribution is -0.139. The molecule has 2 aromatic rings. The van der Waals surface area contributed by atoms with Crippen LogP contribution in [0.1, 0.15) is 17.0 Å². The fourth-order valence-corrected chi connectivity index (χ4v) is 2.17. The summed E-state index contributed by atoms with van der Waals surface area (Å²) in [7, 11) is 0. The first-order valence-corrected chi connectivity index (χ1v) is 6.62. The molecule has 20 heavy (non-hydrogen) atoms. The minimum absolute atomic E-state index is 0.0851. The standard InChI is InChI=1S/C16H15ClO3/c1-11-9-13(17)7-8-15(11)20-10-14(16(18)19)12-5-3-2-4-6-12/h2-9,14H,10H2,1H3,(H,18,19). The van der Waals surface area contributed by atoms with Crippen LogP contribution in [-0.4, -0.2) is 17.7 Å². The van der Waals surface area contributed by atoms with Gasteiger partial charge in [-0.25, -0.2) is 0 Å². The summed E-state index contributed by atoms with van der Waals surface area (Å²) in [4.78, 5) is 11.4. The monoisotopic (exact) mass is 290 g/mol. The largest absolute Gasteiger partial charge is 0.492 e. The van der Waals surface area contributed by atoms with Gasteiger partial charge in [-0.3, -0.25) is 4.79 Å². The molecule has 2 rings (SSSR count). The molecule has 0 heterocycles. The van der Waals surface area contributed by atoms with Crippen molar-refractivity contribution in [1.29, 1.82) is 0 Å². The Bertz CT molecular complexity index is 596. The molecule has 3 nitrogen and oxygen atoms in total. The summed E-state index contributed by atoms with van der Waals surface area (Å²) in [5.74, 6) is -0.939. The van der Waals surface area contributed by atoms with Crippen molar-refractivity contribution in [3.63, 3.8) is 0 Å². The zero-order valence-corrected chi connectivity index (χ0v) is 11.8. The lowest BCUT2D eigenvalue weighted by atomic mass is 10.0. The van der Waals surface area contributed by atoms with Crippen molar-refractivity contribution in [2.45, 2.75) is 12.8 Å². The van der Waals surface area contributed by atoms with Crippen LogP contribution in [0.4, 0.5) is 0 Å². The summed E-state index contributed by atoms with van der Waals surface area (Å²) in [5, 5.41) is 9.95. The number of carbonyl (C=O) groups is 1. The zero-order valence-electron chi connectivity index (χ0n) is 11.0. The molecule has 0 spiro atoms. The summed E-state index contributed by atoms with van der Waals surface area (Å²) < 4.78 is 5.63. The van der Waals surface area contributed by atoms with Gasteiger partial charge in [0.2, 0.25) is 0 Å². The molecular formula is C16H15ClO3. The number of carboxylic acid groups (broad SMARTS) is 1. The van der Waals surface area contributed by atoms with Crippen LogP contribution in [-0.2, 0) is 4.79 Å². The Morgan fingerprint density at radius 2 is 1.95 bits per heavy atom. The number of aryl methyl sites for hydroxylation is 1. The molecule has 2 aromatic carbocycles. The third-order valence-electron chi connectivity index (χ3n) is 3.04. The van der Waals surface area contributed by atoms with Crippen molar-refractivity contribution in [3.8, 4) is 5.75 Å². The van der Waals surface area contributed by atoms with Gasteiger partial charge < -0.3 is 9.84 Å². The Balaban J connectivity index is 2.12. The van der Waals surface area contributed by atoms with E-state index in [0.717, 1.165) is 11.1 Å². The van der Waals surface area contributed by atoms with Gasteiger partial charge in [-0.05, 0) is 36.2 Å². The molecule has 0 bridgehead atoms. The molecule has 0 saturated carbocycles. The highest BCUT2D eigenvalue weighted by atomic mass is 35.5. The van der Waals surface area contributed by atoms with Crippen LogP contribution in [0, 0.1) is 6.92 Å². The minimum Gasteiger partial charge on any atom is -0.492 e. The van der Waals surface area contributed by atoms with Gasteiger partial charge in [0, 0.05) is 5.02 Å². The molecule has 104 valence electrons. The summed E-state index contributed by atoms with van der Waals surface area (Å²) >= 11 is 5.88. The SMILES string of the molecule is Cc1cc(Cl)ccc1OCC(C(=O)O)c1ccccc1. The number of hydrogen-bond acceptors (Lipinski definition) is 2. The number of ether oxygens (including phenoxy) is 1. The number of benzene rings is 2. The minimum atomic E-state index is -0.900. The summed E-state index contributed by atoms with van der Waals surface area (Å²) in [5.41, 5.74) is 1.61. The predicted molar refractivity (Wildman–Crippen MR) is 78.5 cm³/mol. The maximum absolute atomic E-state index is 11.4. The van der Waals surface area contributed by atoms with Crippen LogP contribution < -0.4 is 4.74 Å². The number of halogens is 1. The Kier molecular flexibility index (Phi) is 4.64. The van der Waals surface area contributed by atoms with E-state index in [1.807, 2.05) is 25.1 Å². The normalized spacial score (nSPS) is 11.9. The zero-order chi connectivity index (χ0) is 14.5. The maximum Gasteiger partial charge on any atom is 0.314 e. The molecule has 0 aliphatic carbocycles. The van der Waals surface area contributed by atoms with Gasteiger partial charge in [-0.15, -0.1) is 0 Å². The first-order valence-electron chi connectivity index (χ1n) is 6.24. The van der Waals surface area contributed by atoms with Crippen LogP contribution in [0.3, 0.4) is 0 Å². The average Bonchev–Trinajstić information content (AvgIpc) is 2.42. The van der Waals surface area contributed by atoms with Crippen LogP contribution in [0.15, 0.2) is 48.5 Å². The first-order chi connectivity index (χ1) is 9.58. The van der Waals surface area contributed by atoms with Crippen molar-refractivity contribution in [2.24, 2.45) is 0 Å². The van der Waals surface area contributed by atoms with Crippen molar-refractivity contribution >= 4 is 17.6 Å². The second kappa shape index (κ2) is 6.44. The van der Waals surface area contributed by atoms with Gasteiger partial charge in [0.25, 0.3) is 0 Å². The Labute approximate surface area is 122 Å². The van der Waals surface area contributed by atoms with E-state index in [-0.39, 0.29) is 6.61 Å². The van der Waals surface area contributed by atoms with Gasteiger partial charge in [0.05, 0.1) is 0 Å². The number of carboxylic acids is 1. The Hall–Kier alpha value is -2.00. The molecule has 0 saturated heterocycles. The highest BCUT2D eigenvalue weighted by molar-refractivity contribution is 6.30. The van der Waals surface area contributed by atoms with E-state index in [9.17, 15) is 9.90 Å². The predicted octanol–water partition coefficient (Wildman–Crippen LogP) is 3.90. The molecule has 0 fully saturated rings. The van der Waals surface area contributed by atoms with E-state index in [0.29, 0.717) is 10.8 Å². The van der Waals surface area contributed by atoms with E-state index < -0.39 is 11.9 Å². The molecule has 0 amide bonds. The van der Waals surface area contributed by atoms with Gasteiger partial charge >= 0.3 is 5.97 Å². The smallest absolute Gasteiger partial charge is 0.314 e. The van der Waals surface area contributed by atoms with Crippen molar-refractivity contribution in [1.82, 2.24) is 0 Å². The van der Waals surface area contributed by atoms with E-state index >= 15 is 0 Å². The fraction of sp³-hybridized carbons (Fsp3) is 0.188. The second-order valence-corrected chi connectivity index (χ2v) is 4.96. The Morgan fingerprint density at radius 3 is 2.55 bits per heavy atom. The van der Waals surface area contributed by atoms with Crippen molar-refractivity contribution in [3.05, 3.63) is 64.7 Å². The molecule has 0 aromatic heterocycles. The molecule has 1 atom stereocenters. The van der Waals surface area contributed by atoms with Crippen molar-refractivity contribution in [2.75, 3.05) is 6.61 Å². The summed E-state index contributed by atoms with van der Waals surface area (Å²) in [6.07, 6.45) is 0. The van der Waals surface area contributed by atoms with Gasteiger partial charge in [0.1, 0.15) is 18.3 Å². The highest BCUT2D eigenvalue weighted by Crippen LogP contribution is 2.24. The van der Waals surface area contributed by atoms with Crippen LogP contribution in [0.5, 0.6) is 5.75 Å². The van der Waals surface area contributed by atoms with E-state index in [1.54, 1.807) is 30.3 Å². The lowest BCUT2D eigenvalue weighted by Gasteiger charge is -2.15. The maximum atomic E-state index is 11.4. The third-order valence-corrected chi connectivity index (χ3v) is 3.28. The van der Waals surface area contributed by atoms with Crippen LogP contribution >= 0.6 is 11.6 Å². The van der Waals surface area contributed by atoms with Gasteiger partial charge in [-0.1, -0.05) is 41.9 Å². The van der Waals surface area contributed by atoms with E-state index in [4.69, 9.17) is 16.3 Å². The van der Waals surface area contributed by atoms with Crippen LogP contribution in [0.25, 0.3) is 0 Å². The van der Waals surface area contributed by atoms with Crippen molar-refractivity contribution < 1.29 is 14.6 Å². The quantitative estimate of drug-likeness (QED) is 0.908. The fourth-order valence-electron chi connectivity index (χ4n) is 1.94. The summed E-state index contributed by atoms with van der Waals surface area (Å²) in [6, 6.07) is 14.3. The number of hydrogen-bond donors (Lipinski definition) is 1. The molecular weight excluding hydrogens is 276 g/mol. The molecule has 0 radical (unpaired) electrons.